The normalized spacial score (nSPS) is 20.9. The minimum atomic E-state index is -1.02. The van der Waals surface area contributed by atoms with E-state index in [1.165, 1.54) is 24.2 Å². The fourth-order valence-electron chi connectivity index (χ4n) is 6.28. The summed E-state index contributed by atoms with van der Waals surface area (Å²) in [5, 5.41) is 24.7. The monoisotopic (exact) mass is 531 g/mol. The Morgan fingerprint density at radius 3 is 2.55 bits per heavy atom. The second-order valence-corrected chi connectivity index (χ2v) is 11.3. The molecule has 2 fully saturated rings. The molecule has 1 aromatic carbocycles. The second-order valence-electron chi connectivity index (χ2n) is 11.3. The Kier molecular flexibility index (Phi) is 12.2. The van der Waals surface area contributed by atoms with E-state index in [2.05, 4.69) is 5.32 Å². The molecule has 38 heavy (non-hydrogen) atoms. The summed E-state index contributed by atoms with van der Waals surface area (Å²) >= 11 is 0. The molecule has 1 aliphatic carbocycles. The number of benzene rings is 1. The highest BCUT2D eigenvalue weighted by Gasteiger charge is 2.41. The molecule has 3 atom stereocenters. The smallest absolute Gasteiger partial charge is 0.407 e. The molecule has 0 bridgehead atoms. The van der Waals surface area contributed by atoms with Gasteiger partial charge in [-0.05, 0) is 56.9 Å². The van der Waals surface area contributed by atoms with E-state index < -0.39 is 11.7 Å². The molecule has 1 aromatic rings. The Morgan fingerprint density at radius 1 is 1.13 bits per heavy atom. The molecule has 0 radical (unpaired) electrons. The number of ether oxygens (including phenoxy) is 1. The highest BCUT2D eigenvalue weighted by atomic mass is 16.5. The van der Waals surface area contributed by atoms with E-state index in [9.17, 15) is 19.8 Å². The Hall–Kier alpha value is -2.32. The first-order valence-corrected chi connectivity index (χ1v) is 14.7. The first-order chi connectivity index (χ1) is 18.3. The summed E-state index contributed by atoms with van der Waals surface area (Å²) in [6.45, 7) is 4.77. The number of urea groups is 1. The Bertz CT molecular complexity index is 848. The summed E-state index contributed by atoms with van der Waals surface area (Å²) in [5.74, 6) is 0.445. The maximum atomic E-state index is 13.5. The average molecular weight is 532 g/mol. The van der Waals surface area contributed by atoms with E-state index in [1.54, 1.807) is 7.05 Å². The molecule has 3 rings (SSSR count). The van der Waals surface area contributed by atoms with Crippen molar-refractivity contribution in [3.05, 3.63) is 35.9 Å². The summed E-state index contributed by atoms with van der Waals surface area (Å²) in [5.41, 5.74) is -0.112. The molecule has 1 aliphatic heterocycles. The van der Waals surface area contributed by atoms with Crippen molar-refractivity contribution in [2.24, 2.45) is 11.8 Å². The van der Waals surface area contributed by atoms with Crippen LogP contribution in [0.4, 0.5) is 9.59 Å². The van der Waals surface area contributed by atoms with Crippen molar-refractivity contribution in [2.45, 2.75) is 89.2 Å². The zero-order valence-electron chi connectivity index (χ0n) is 23.4. The van der Waals surface area contributed by atoms with Crippen molar-refractivity contribution in [3.8, 4) is 0 Å². The van der Waals surface area contributed by atoms with Crippen LogP contribution < -0.4 is 5.32 Å². The Labute approximate surface area is 228 Å². The van der Waals surface area contributed by atoms with E-state index in [1.807, 2.05) is 42.2 Å². The maximum Gasteiger partial charge on any atom is 0.407 e. The lowest BCUT2D eigenvalue weighted by molar-refractivity contribution is -0.0566. The van der Waals surface area contributed by atoms with Crippen LogP contribution in [0.25, 0.3) is 0 Å². The number of nitrogens with zero attached hydrogens (tertiary/aromatic N) is 2. The molecular formula is C30H49N3O5. The van der Waals surface area contributed by atoms with Crippen molar-refractivity contribution in [1.82, 2.24) is 15.1 Å². The number of rotatable bonds is 13. The molecular weight excluding hydrogens is 482 g/mol. The number of hydrogen-bond donors (Lipinski definition) is 3. The number of unbranched alkanes of at least 4 members (excludes halogenated alkanes) is 1. The third kappa shape index (κ3) is 8.87. The quantitative estimate of drug-likeness (QED) is 0.294. The van der Waals surface area contributed by atoms with Gasteiger partial charge in [0.05, 0.1) is 5.60 Å². The van der Waals surface area contributed by atoms with E-state index in [4.69, 9.17) is 4.74 Å². The molecule has 1 saturated heterocycles. The summed E-state index contributed by atoms with van der Waals surface area (Å²) in [6.07, 6.45) is 9.81. The number of likely N-dealkylation sites (N-methyl/N-ethyl adjacent to an activating group) is 1. The first-order valence-electron chi connectivity index (χ1n) is 14.7. The number of aliphatic hydroxyl groups is 1. The van der Waals surface area contributed by atoms with Gasteiger partial charge in [-0.15, -0.1) is 0 Å². The molecule has 214 valence electrons. The zero-order valence-corrected chi connectivity index (χ0v) is 23.4. The van der Waals surface area contributed by atoms with Crippen LogP contribution in [0, 0.1) is 11.8 Å². The van der Waals surface area contributed by atoms with Crippen LogP contribution in [0.2, 0.25) is 0 Å². The summed E-state index contributed by atoms with van der Waals surface area (Å²) in [7, 11) is 1.56. The maximum absolute atomic E-state index is 13.5. The van der Waals surface area contributed by atoms with E-state index in [0.717, 1.165) is 50.5 Å². The number of likely N-dealkylation sites (tertiary alicyclic amines) is 1. The number of carbonyl (C=O) groups is 2. The van der Waals surface area contributed by atoms with Gasteiger partial charge in [0.25, 0.3) is 0 Å². The topological polar surface area (TPSA) is 102 Å². The van der Waals surface area contributed by atoms with Crippen LogP contribution in [0.15, 0.2) is 30.3 Å². The fraction of sp³-hybridized carbons (Fsp3) is 0.733. The first kappa shape index (κ1) is 30.2. The van der Waals surface area contributed by atoms with Crippen molar-refractivity contribution < 1.29 is 24.5 Å². The van der Waals surface area contributed by atoms with E-state index in [0.29, 0.717) is 38.6 Å². The van der Waals surface area contributed by atoms with Crippen molar-refractivity contribution in [1.29, 1.82) is 0 Å². The van der Waals surface area contributed by atoms with Gasteiger partial charge in [-0.1, -0.05) is 62.4 Å². The SMILES string of the molecule is CCOCCCC[C@](O)(c1ccccc1)C1CCCN(C(=O)N[C@@H](CC2CCCCC2)CN(C)C(=O)O)C1. The van der Waals surface area contributed by atoms with Gasteiger partial charge in [-0.3, -0.25) is 0 Å². The Morgan fingerprint density at radius 2 is 1.87 bits per heavy atom. The van der Waals surface area contributed by atoms with Crippen molar-refractivity contribution >= 4 is 12.1 Å². The molecule has 8 heteroatoms. The number of carboxylic acid groups (broad SMARTS) is 1. The highest BCUT2D eigenvalue weighted by molar-refractivity contribution is 5.75. The lowest BCUT2D eigenvalue weighted by Gasteiger charge is -2.43. The second kappa shape index (κ2) is 15.3. The van der Waals surface area contributed by atoms with Crippen LogP contribution in [0.5, 0.6) is 0 Å². The van der Waals surface area contributed by atoms with Gasteiger partial charge >= 0.3 is 12.1 Å². The van der Waals surface area contributed by atoms with E-state index >= 15 is 0 Å². The van der Waals surface area contributed by atoms with Gasteiger partial charge in [0.1, 0.15) is 0 Å². The van der Waals surface area contributed by atoms with Crippen LogP contribution in [0.3, 0.4) is 0 Å². The van der Waals surface area contributed by atoms with E-state index in [-0.39, 0.29) is 24.5 Å². The number of amides is 3. The van der Waals surface area contributed by atoms with Gasteiger partial charge in [0, 0.05) is 51.9 Å². The lowest BCUT2D eigenvalue weighted by Crippen LogP contribution is -2.54. The summed E-state index contributed by atoms with van der Waals surface area (Å²) in [6, 6.07) is 9.48. The summed E-state index contributed by atoms with van der Waals surface area (Å²) in [4.78, 5) is 28.1. The predicted octanol–water partition coefficient (Wildman–Crippen LogP) is 5.45. The molecule has 3 N–H and O–H groups in total. The van der Waals surface area contributed by atoms with Crippen LogP contribution in [-0.4, -0.2) is 78.1 Å². The molecule has 8 nitrogen and oxygen atoms in total. The zero-order chi connectivity index (χ0) is 27.4. The summed E-state index contributed by atoms with van der Waals surface area (Å²) < 4.78 is 5.50. The van der Waals surface area contributed by atoms with Crippen molar-refractivity contribution in [3.63, 3.8) is 0 Å². The molecule has 0 aromatic heterocycles. The van der Waals surface area contributed by atoms with Crippen molar-refractivity contribution in [2.75, 3.05) is 39.9 Å². The van der Waals surface area contributed by atoms with Gasteiger partial charge in [-0.25, -0.2) is 9.59 Å². The lowest BCUT2D eigenvalue weighted by atomic mass is 9.74. The standard InChI is InChI=1S/C30H49N3O5/c1-3-38-20-11-10-18-30(37,25-15-8-5-9-16-25)26-17-12-19-33(22-26)28(34)31-27(23-32(2)29(35)36)21-24-13-6-4-7-14-24/h5,8-9,15-16,24,26-27,37H,3-4,6-7,10-14,17-23H2,1-2H3,(H,31,34)(H,35,36)/t26?,27-,30-/m0/s1. The fourth-order valence-corrected chi connectivity index (χ4v) is 6.28. The van der Waals surface area contributed by atoms with Crippen LogP contribution in [-0.2, 0) is 10.3 Å². The average Bonchev–Trinajstić information content (AvgIpc) is 2.93. The number of nitrogens with one attached hydrogen (secondary N) is 1. The number of piperidine rings is 1. The molecule has 3 amide bonds. The molecule has 1 unspecified atom stereocenters. The number of hydrogen-bond acceptors (Lipinski definition) is 4. The minimum Gasteiger partial charge on any atom is -0.465 e. The number of carbonyl (C=O) groups excluding carboxylic acids is 1. The Balaban J connectivity index is 1.68. The largest absolute Gasteiger partial charge is 0.465 e. The van der Waals surface area contributed by atoms with Gasteiger partial charge in [0.2, 0.25) is 0 Å². The molecule has 0 spiro atoms. The minimum absolute atomic E-state index is 0.0741. The van der Waals surface area contributed by atoms with Crippen LogP contribution in [0.1, 0.15) is 83.1 Å². The van der Waals surface area contributed by atoms with Crippen LogP contribution >= 0.6 is 0 Å². The molecule has 1 heterocycles. The third-order valence-electron chi connectivity index (χ3n) is 8.45. The molecule has 2 aliphatic rings. The van der Waals surface area contributed by atoms with Gasteiger partial charge in [0.15, 0.2) is 0 Å². The third-order valence-corrected chi connectivity index (χ3v) is 8.45. The highest BCUT2D eigenvalue weighted by Crippen LogP contribution is 2.39. The van der Waals surface area contributed by atoms with Gasteiger partial charge in [-0.2, -0.15) is 0 Å². The molecule has 1 saturated carbocycles. The van der Waals surface area contributed by atoms with Gasteiger partial charge < -0.3 is 30.1 Å². The predicted molar refractivity (Wildman–Crippen MR) is 149 cm³/mol.